The molecule has 6 heteroatoms. The maximum Gasteiger partial charge on any atom is 0.258 e. The third kappa shape index (κ3) is 4.91. The normalized spacial score (nSPS) is 10.7. The highest BCUT2D eigenvalue weighted by Gasteiger charge is 2.06. The molecule has 1 aromatic heterocycles. The molecule has 0 aliphatic rings. The number of fused-ring (bicyclic) bond motifs is 1. The van der Waals surface area contributed by atoms with Crippen LogP contribution in [0.15, 0.2) is 83.7 Å². The minimum Gasteiger partial charge on any atom is -0.356 e. The fourth-order valence-corrected chi connectivity index (χ4v) is 3.22. The molecule has 30 heavy (non-hydrogen) atoms. The van der Waals surface area contributed by atoms with Crippen molar-refractivity contribution in [2.45, 2.75) is 19.3 Å². The van der Waals surface area contributed by atoms with Gasteiger partial charge < -0.3 is 15.6 Å². The first-order chi connectivity index (χ1) is 14.7. The van der Waals surface area contributed by atoms with Gasteiger partial charge in [-0.3, -0.25) is 9.59 Å². The van der Waals surface area contributed by atoms with E-state index in [1.165, 1.54) is 0 Å². The summed E-state index contributed by atoms with van der Waals surface area (Å²) >= 11 is 0. The van der Waals surface area contributed by atoms with Gasteiger partial charge in [0.2, 0.25) is 5.91 Å². The fraction of sp³-hybridized carbons (Fsp3) is 0.125. The van der Waals surface area contributed by atoms with Gasteiger partial charge in [0.1, 0.15) is 5.82 Å². The highest BCUT2D eigenvalue weighted by molar-refractivity contribution is 5.90. The van der Waals surface area contributed by atoms with Crippen LogP contribution in [-0.4, -0.2) is 15.9 Å². The first-order valence-corrected chi connectivity index (χ1v) is 9.87. The van der Waals surface area contributed by atoms with E-state index in [9.17, 15) is 9.59 Å². The number of carbonyl (C=O) groups excluding carboxylic acids is 1. The number of hydrogen-bond donors (Lipinski definition) is 3. The molecule has 0 spiro atoms. The molecule has 0 aliphatic heterocycles. The molecule has 0 fully saturated rings. The topological polar surface area (TPSA) is 86.9 Å². The molecule has 3 N–H and O–H groups in total. The SMILES string of the molecule is O=C(CCCc1nc2ccccc2c(=O)[nH]1)Nc1ccc(Nc2ccccc2)cc1. The molecule has 1 heterocycles. The molecule has 4 aromatic rings. The van der Waals surface area contributed by atoms with E-state index in [2.05, 4.69) is 20.6 Å². The van der Waals surface area contributed by atoms with Crippen LogP contribution in [-0.2, 0) is 11.2 Å². The highest BCUT2D eigenvalue weighted by Crippen LogP contribution is 2.19. The second-order valence-electron chi connectivity index (χ2n) is 7.00. The Morgan fingerprint density at radius 1 is 0.833 bits per heavy atom. The lowest BCUT2D eigenvalue weighted by molar-refractivity contribution is -0.116. The molecular weight excluding hydrogens is 376 g/mol. The second-order valence-corrected chi connectivity index (χ2v) is 7.00. The number of aryl methyl sites for hydroxylation is 1. The number of nitrogens with one attached hydrogen (secondary N) is 3. The molecule has 3 aromatic carbocycles. The van der Waals surface area contributed by atoms with Gasteiger partial charge in [0, 0.05) is 29.9 Å². The summed E-state index contributed by atoms with van der Waals surface area (Å²) in [5.74, 6) is 0.532. The summed E-state index contributed by atoms with van der Waals surface area (Å²) in [6.07, 6.45) is 1.48. The summed E-state index contributed by atoms with van der Waals surface area (Å²) in [4.78, 5) is 31.6. The van der Waals surface area contributed by atoms with Crippen molar-refractivity contribution in [1.82, 2.24) is 9.97 Å². The Hall–Kier alpha value is -3.93. The predicted molar refractivity (Wildman–Crippen MR) is 120 cm³/mol. The molecule has 0 bridgehead atoms. The molecule has 0 saturated carbocycles. The number of carbonyl (C=O) groups is 1. The van der Waals surface area contributed by atoms with Crippen molar-refractivity contribution in [3.8, 4) is 0 Å². The van der Waals surface area contributed by atoms with Crippen molar-refractivity contribution in [3.63, 3.8) is 0 Å². The van der Waals surface area contributed by atoms with E-state index in [-0.39, 0.29) is 11.5 Å². The summed E-state index contributed by atoms with van der Waals surface area (Å²) in [5.41, 5.74) is 3.23. The van der Waals surface area contributed by atoms with Gasteiger partial charge in [-0.1, -0.05) is 30.3 Å². The Kier molecular flexibility index (Phi) is 5.85. The van der Waals surface area contributed by atoms with Gasteiger partial charge >= 0.3 is 0 Å². The molecule has 0 aliphatic carbocycles. The summed E-state index contributed by atoms with van der Waals surface area (Å²) in [5, 5.41) is 6.78. The van der Waals surface area contributed by atoms with E-state index in [1.807, 2.05) is 72.8 Å². The van der Waals surface area contributed by atoms with Gasteiger partial charge in [-0.05, 0) is 55.0 Å². The van der Waals surface area contributed by atoms with Crippen molar-refractivity contribution in [2.24, 2.45) is 0 Å². The maximum atomic E-state index is 12.2. The van der Waals surface area contributed by atoms with Crippen molar-refractivity contribution in [3.05, 3.63) is 95.0 Å². The van der Waals surface area contributed by atoms with Gasteiger partial charge in [0.25, 0.3) is 5.56 Å². The van der Waals surface area contributed by atoms with E-state index in [0.29, 0.717) is 36.0 Å². The standard InChI is InChI=1S/C24H22N4O2/c29-23(12-6-11-22-27-21-10-5-4-9-20(21)24(30)28-22)26-19-15-13-18(14-16-19)25-17-7-2-1-3-8-17/h1-5,7-10,13-16,25H,6,11-12H2,(H,26,29)(H,27,28,30). The van der Waals surface area contributed by atoms with Crippen molar-refractivity contribution in [1.29, 1.82) is 0 Å². The number of para-hydroxylation sites is 2. The lowest BCUT2D eigenvalue weighted by atomic mass is 10.2. The summed E-state index contributed by atoms with van der Waals surface area (Å²) < 4.78 is 0. The highest BCUT2D eigenvalue weighted by atomic mass is 16.1. The Morgan fingerprint density at radius 3 is 2.30 bits per heavy atom. The van der Waals surface area contributed by atoms with Crippen LogP contribution in [0.2, 0.25) is 0 Å². The Bertz CT molecular complexity index is 1200. The van der Waals surface area contributed by atoms with Gasteiger partial charge in [0.15, 0.2) is 0 Å². The van der Waals surface area contributed by atoms with Crippen LogP contribution in [0.5, 0.6) is 0 Å². The first kappa shape index (κ1) is 19.4. The zero-order valence-corrected chi connectivity index (χ0v) is 16.4. The number of aromatic nitrogens is 2. The van der Waals surface area contributed by atoms with Crippen LogP contribution in [0.25, 0.3) is 10.9 Å². The third-order valence-electron chi connectivity index (χ3n) is 4.71. The van der Waals surface area contributed by atoms with Crippen LogP contribution in [0.4, 0.5) is 17.1 Å². The van der Waals surface area contributed by atoms with Gasteiger partial charge in [-0.2, -0.15) is 0 Å². The molecular formula is C24H22N4O2. The molecule has 150 valence electrons. The van der Waals surface area contributed by atoms with E-state index in [4.69, 9.17) is 0 Å². The summed E-state index contributed by atoms with van der Waals surface area (Å²) in [6.45, 7) is 0. The van der Waals surface area contributed by atoms with Crippen molar-refractivity contribution in [2.75, 3.05) is 10.6 Å². The number of hydrogen-bond acceptors (Lipinski definition) is 4. The molecule has 0 radical (unpaired) electrons. The fourth-order valence-electron chi connectivity index (χ4n) is 3.22. The molecule has 0 atom stereocenters. The molecule has 6 nitrogen and oxygen atoms in total. The number of nitrogens with zero attached hydrogens (tertiary/aromatic N) is 1. The molecule has 0 saturated heterocycles. The van der Waals surface area contributed by atoms with E-state index in [1.54, 1.807) is 6.07 Å². The van der Waals surface area contributed by atoms with Crippen molar-refractivity contribution >= 4 is 33.9 Å². The average Bonchev–Trinajstić information content (AvgIpc) is 2.76. The number of amides is 1. The van der Waals surface area contributed by atoms with E-state index < -0.39 is 0 Å². The van der Waals surface area contributed by atoms with Crippen LogP contribution < -0.4 is 16.2 Å². The van der Waals surface area contributed by atoms with Crippen LogP contribution >= 0.6 is 0 Å². The van der Waals surface area contributed by atoms with Gasteiger partial charge in [0.05, 0.1) is 10.9 Å². The van der Waals surface area contributed by atoms with Gasteiger partial charge in [-0.25, -0.2) is 4.98 Å². The first-order valence-electron chi connectivity index (χ1n) is 9.87. The quantitative estimate of drug-likeness (QED) is 0.424. The lowest BCUT2D eigenvalue weighted by Gasteiger charge is -2.09. The summed E-state index contributed by atoms with van der Waals surface area (Å²) in [6, 6.07) is 24.7. The Labute approximate surface area is 174 Å². The second kappa shape index (κ2) is 9.05. The van der Waals surface area contributed by atoms with Gasteiger partial charge in [-0.15, -0.1) is 0 Å². The lowest BCUT2D eigenvalue weighted by Crippen LogP contribution is -2.14. The minimum absolute atomic E-state index is 0.0677. The zero-order chi connectivity index (χ0) is 20.8. The number of anilines is 3. The Balaban J connectivity index is 1.28. The predicted octanol–water partition coefficient (Wildman–Crippen LogP) is 4.63. The Morgan fingerprint density at radius 2 is 1.50 bits per heavy atom. The smallest absolute Gasteiger partial charge is 0.258 e. The van der Waals surface area contributed by atoms with Crippen LogP contribution in [0, 0.1) is 0 Å². The van der Waals surface area contributed by atoms with E-state index in [0.717, 1.165) is 17.1 Å². The third-order valence-corrected chi connectivity index (χ3v) is 4.71. The number of benzene rings is 3. The van der Waals surface area contributed by atoms with Crippen molar-refractivity contribution < 1.29 is 4.79 Å². The molecule has 4 rings (SSSR count). The van der Waals surface area contributed by atoms with Crippen LogP contribution in [0.3, 0.4) is 0 Å². The number of H-pyrrole nitrogens is 1. The monoisotopic (exact) mass is 398 g/mol. The van der Waals surface area contributed by atoms with E-state index >= 15 is 0 Å². The molecule has 1 amide bonds. The zero-order valence-electron chi connectivity index (χ0n) is 16.4. The molecule has 0 unspecified atom stereocenters. The van der Waals surface area contributed by atoms with Crippen LogP contribution in [0.1, 0.15) is 18.7 Å². The average molecular weight is 398 g/mol. The largest absolute Gasteiger partial charge is 0.356 e. The summed E-state index contributed by atoms with van der Waals surface area (Å²) in [7, 11) is 0. The number of aromatic amines is 1. The minimum atomic E-state index is -0.149. The number of rotatable bonds is 7. The maximum absolute atomic E-state index is 12.2.